The zero-order chi connectivity index (χ0) is 21.8. The number of fused-ring (bicyclic) bond motifs is 1. The highest BCUT2D eigenvalue weighted by molar-refractivity contribution is 5.84. The molecule has 5 N–H and O–H groups in total. The van der Waals surface area contributed by atoms with Gasteiger partial charge in [-0.25, -0.2) is 4.98 Å². The monoisotopic (exact) mass is 417 g/mol. The smallest absolute Gasteiger partial charge is 0.226 e. The molecule has 4 rings (SSSR count). The molecule has 0 amide bonds. The number of hydrogen-bond acceptors (Lipinski definition) is 7. The van der Waals surface area contributed by atoms with Crippen LogP contribution in [0.15, 0.2) is 54.9 Å². The Morgan fingerprint density at radius 3 is 2.68 bits per heavy atom. The number of nitrogens with zero attached hydrogens (tertiary/aromatic N) is 4. The van der Waals surface area contributed by atoms with E-state index in [1.807, 2.05) is 41.8 Å². The summed E-state index contributed by atoms with van der Waals surface area (Å²) in [5, 5.41) is 16.1. The van der Waals surface area contributed by atoms with Crippen LogP contribution in [0.1, 0.15) is 23.6 Å². The fourth-order valence-electron chi connectivity index (χ4n) is 3.35. The van der Waals surface area contributed by atoms with Crippen LogP contribution in [-0.4, -0.2) is 37.3 Å². The lowest BCUT2D eigenvalue weighted by Crippen LogP contribution is -2.18. The number of nitrogen functional groups attached to an aromatic ring is 1. The molecule has 0 aliphatic rings. The summed E-state index contributed by atoms with van der Waals surface area (Å²) in [5.74, 6) is 1.05. The third-order valence-corrected chi connectivity index (χ3v) is 4.96. The van der Waals surface area contributed by atoms with Crippen LogP contribution in [0.5, 0.6) is 0 Å². The third-order valence-electron chi connectivity index (χ3n) is 4.96. The second kappa shape index (κ2) is 9.01. The first-order valence-electron chi connectivity index (χ1n) is 10.3. The maximum Gasteiger partial charge on any atom is 0.226 e. The number of imidazole rings is 1. The quantitative estimate of drug-likeness (QED) is 0.326. The summed E-state index contributed by atoms with van der Waals surface area (Å²) in [6.45, 7) is 5.26. The summed E-state index contributed by atoms with van der Waals surface area (Å²) >= 11 is 0. The van der Waals surface area contributed by atoms with Crippen molar-refractivity contribution in [3.05, 3.63) is 71.5 Å². The van der Waals surface area contributed by atoms with Crippen LogP contribution in [0.4, 0.5) is 17.5 Å². The number of hydrogen-bond donors (Lipinski definition) is 4. The standard InChI is InChI=1S/C23H27N7O/c1-15-8-9-19(24)18(10-15)12-25-21-20-22(29-23(28-21)26-11-16(2)31)30(14-27-20)13-17-6-4-3-5-7-17/h3-10,14,16,31H,11-13,24H2,1-2H3,(H2,25,26,28,29). The largest absolute Gasteiger partial charge is 0.398 e. The normalized spacial score (nSPS) is 12.1. The van der Waals surface area contributed by atoms with E-state index in [1.54, 1.807) is 13.3 Å². The van der Waals surface area contributed by atoms with E-state index < -0.39 is 6.10 Å². The Labute approximate surface area is 181 Å². The van der Waals surface area contributed by atoms with Gasteiger partial charge in [0.1, 0.15) is 0 Å². The van der Waals surface area contributed by atoms with E-state index >= 15 is 0 Å². The molecule has 0 fully saturated rings. The third kappa shape index (κ3) is 4.92. The van der Waals surface area contributed by atoms with Gasteiger partial charge in [0.05, 0.1) is 19.0 Å². The number of anilines is 3. The van der Waals surface area contributed by atoms with Gasteiger partial charge in [-0.05, 0) is 31.0 Å². The SMILES string of the molecule is Cc1ccc(N)c(CNc2nc(NCC(C)O)nc3c2ncn3Cc2ccccc2)c1. The number of aliphatic hydroxyl groups is 1. The first kappa shape index (κ1) is 20.6. The van der Waals surface area contributed by atoms with Gasteiger partial charge >= 0.3 is 0 Å². The highest BCUT2D eigenvalue weighted by atomic mass is 16.3. The molecule has 31 heavy (non-hydrogen) atoms. The van der Waals surface area contributed by atoms with Crippen LogP contribution in [-0.2, 0) is 13.1 Å². The molecule has 0 radical (unpaired) electrons. The molecular weight excluding hydrogens is 390 g/mol. The van der Waals surface area contributed by atoms with Gasteiger partial charge in [-0.3, -0.25) is 0 Å². The van der Waals surface area contributed by atoms with E-state index in [4.69, 9.17) is 5.73 Å². The molecule has 0 aliphatic carbocycles. The van der Waals surface area contributed by atoms with Crippen LogP contribution in [0.3, 0.4) is 0 Å². The van der Waals surface area contributed by atoms with E-state index in [-0.39, 0.29) is 0 Å². The van der Waals surface area contributed by atoms with Crippen molar-refractivity contribution in [2.24, 2.45) is 0 Å². The van der Waals surface area contributed by atoms with Gasteiger partial charge in [0.15, 0.2) is 17.0 Å². The Balaban J connectivity index is 1.67. The molecule has 1 unspecified atom stereocenters. The highest BCUT2D eigenvalue weighted by Gasteiger charge is 2.14. The molecule has 0 saturated heterocycles. The van der Waals surface area contributed by atoms with E-state index in [0.717, 1.165) is 22.4 Å². The van der Waals surface area contributed by atoms with Crippen LogP contribution in [0.2, 0.25) is 0 Å². The number of aliphatic hydroxyl groups excluding tert-OH is 1. The number of nitrogens with two attached hydrogens (primary N) is 1. The minimum absolute atomic E-state index is 0.350. The molecule has 0 saturated carbocycles. The number of benzene rings is 2. The lowest BCUT2D eigenvalue weighted by Gasteiger charge is -2.13. The molecule has 1 atom stereocenters. The summed E-state index contributed by atoms with van der Waals surface area (Å²) < 4.78 is 1.99. The summed E-state index contributed by atoms with van der Waals surface area (Å²) in [7, 11) is 0. The Morgan fingerprint density at radius 2 is 1.90 bits per heavy atom. The van der Waals surface area contributed by atoms with E-state index in [9.17, 15) is 5.11 Å². The summed E-state index contributed by atoms with van der Waals surface area (Å²) in [4.78, 5) is 13.8. The topological polar surface area (TPSA) is 114 Å². The van der Waals surface area contributed by atoms with Gasteiger partial charge in [0.25, 0.3) is 0 Å². The predicted molar refractivity (Wildman–Crippen MR) is 124 cm³/mol. The number of aromatic nitrogens is 4. The molecule has 4 aromatic rings. The molecule has 2 heterocycles. The predicted octanol–water partition coefficient (Wildman–Crippen LogP) is 3.17. The van der Waals surface area contributed by atoms with Crippen molar-refractivity contribution in [3.8, 4) is 0 Å². The van der Waals surface area contributed by atoms with E-state index in [2.05, 4.69) is 43.8 Å². The highest BCUT2D eigenvalue weighted by Crippen LogP contribution is 2.23. The lowest BCUT2D eigenvalue weighted by atomic mass is 10.1. The van der Waals surface area contributed by atoms with E-state index in [0.29, 0.717) is 42.6 Å². The lowest BCUT2D eigenvalue weighted by molar-refractivity contribution is 0.208. The molecule has 2 aromatic heterocycles. The van der Waals surface area contributed by atoms with Crippen molar-refractivity contribution in [2.45, 2.75) is 33.0 Å². The zero-order valence-corrected chi connectivity index (χ0v) is 17.7. The van der Waals surface area contributed by atoms with Crippen LogP contribution in [0.25, 0.3) is 11.2 Å². The summed E-state index contributed by atoms with van der Waals surface area (Å²) in [6, 6.07) is 16.1. The molecule has 8 nitrogen and oxygen atoms in total. The summed E-state index contributed by atoms with van der Waals surface area (Å²) in [6.07, 6.45) is 1.26. The average Bonchev–Trinajstić information content (AvgIpc) is 3.16. The van der Waals surface area contributed by atoms with Gasteiger partial charge in [-0.2, -0.15) is 9.97 Å². The Morgan fingerprint density at radius 1 is 1.10 bits per heavy atom. The van der Waals surface area contributed by atoms with Gasteiger partial charge in [-0.15, -0.1) is 0 Å². The van der Waals surface area contributed by atoms with Gasteiger partial charge < -0.3 is 26.0 Å². The minimum Gasteiger partial charge on any atom is -0.398 e. The number of nitrogens with one attached hydrogen (secondary N) is 2. The molecule has 0 aliphatic heterocycles. The molecule has 160 valence electrons. The Hall–Kier alpha value is -3.65. The van der Waals surface area contributed by atoms with Crippen molar-refractivity contribution >= 4 is 28.6 Å². The van der Waals surface area contributed by atoms with Crippen molar-refractivity contribution in [1.82, 2.24) is 19.5 Å². The first-order valence-corrected chi connectivity index (χ1v) is 10.3. The fourth-order valence-corrected chi connectivity index (χ4v) is 3.35. The molecule has 2 aromatic carbocycles. The number of rotatable bonds is 8. The van der Waals surface area contributed by atoms with Gasteiger partial charge in [-0.1, -0.05) is 48.0 Å². The second-order valence-electron chi connectivity index (χ2n) is 7.71. The van der Waals surface area contributed by atoms with Gasteiger partial charge in [0, 0.05) is 18.8 Å². The van der Waals surface area contributed by atoms with Crippen molar-refractivity contribution in [3.63, 3.8) is 0 Å². The zero-order valence-electron chi connectivity index (χ0n) is 17.7. The Bertz CT molecular complexity index is 1170. The van der Waals surface area contributed by atoms with Gasteiger partial charge in [0.2, 0.25) is 5.95 Å². The summed E-state index contributed by atoms with van der Waals surface area (Å²) in [5.41, 5.74) is 11.6. The van der Waals surface area contributed by atoms with Crippen molar-refractivity contribution in [1.29, 1.82) is 0 Å². The van der Waals surface area contributed by atoms with Crippen molar-refractivity contribution in [2.75, 3.05) is 22.9 Å². The van der Waals surface area contributed by atoms with Crippen LogP contribution in [0, 0.1) is 6.92 Å². The maximum atomic E-state index is 9.65. The van der Waals surface area contributed by atoms with Crippen LogP contribution < -0.4 is 16.4 Å². The Kier molecular flexibility index (Phi) is 5.99. The average molecular weight is 418 g/mol. The molecule has 8 heteroatoms. The fraction of sp³-hybridized carbons (Fsp3) is 0.261. The molecule has 0 spiro atoms. The first-order chi connectivity index (χ1) is 15.0. The minimum atomic E-state index is -0.517. The van der Waals surface area contributed by atoms with Crippen LogP contribution >= 0.6 is 0 Å². The number of aryl methyl sites for hydroxylation is 1. The molecule has 0 bridgehead atoms. The second-order valence-corrected chi connectivity index (χ2v) is 7.71. The maximum absolute atomic E-state index is 9.65. The van der Waals surface area contributed by atoms with Crippen molar-refractivity contribution < 1.29 is 5.11 Å². The van der Waals surface area contributed by atoms with E-state index in [1.165, 1.54) is 0 Å². The molecular formula is C23H27N7O.